The zero-order valence-corrected chi connectivity index (χ0v) is 17.7. The molecular weight excluding hydrogens is 382 g/mol. The van der Waals surface area contributed by atoms with Crippen LogP contribution < -0.4 is 4.90 Å². The molecule has 0 unspecified atom stereocenters. The average Bonchev–Trinajstić information content (AvgIpc) is 3.34. The quantitative estimate of drug-likeness (QED) is 0.656. The molecule has 2 fully saturated rings. The number of carbonyl (C=O) groups is 1. The third kappa shape index (κ3) is 3.75. The number of likely N-dealkylation sites (tertiary alicyclic amines) is 1. The molecule has 2 aliphatic heterocycles. The predicted octanol–water partition coefficient (Wildman–Crippen LogP) is 4.00. The summed E-state index contributed by atoms with van der Waals surface area (Å²) in [6.07, 6.45) is 7.58. The maximum absolute atomic E-state index is 12.9. The Morgan fingerprint density at radius 3 is 2.62 bits per heavy atom. The number of hydrogen-bond acceptors (Lipinski definition) is 5. The third-order valence-electron chi connectivity index (χ3n) is 6.09. The second kappa shape index (κ2) is 7.78. The third-order valence-corrected chi connectivity index (χ3v) is 7.07. The smallest absolute Gasteiger partial charge is 0.227 e. The summed E-state index contributed by atoms with van der Waals surface area (Å²) in [4.78, 5) is 23.0. The Balaban J connectivity index is 1.31. The number of aryl methyl sites for hydroxylation is 1. The molecule has 5 rings (SSSR count). The largest absolute Gasteiger partial charge is 0.346 e. The molecule has 1 atom stereocenters. The second-order valence-electron chi connectivity index (χ2n) is 8.28. The highest BCUT2D eigenvalue weighted by molar-refractivity contribution is 7.20. The number of piperidine rings is 2. The van der Waals surface area contributed by atoms with E-state index < -0.39 is 0 Å². The molecule has 0 N–H and O–H groups in total. The molecule has 0 spiro atoms. The molecule has 2 aliphatic rings. The van der Waals surface area contributed by atoms with Crippen LogP contribution in [0.1, 0.15) is 37.7 Å². The van der Waals surface area contributed by atoms with Crippen molar-refractivity contribution >= 4 is 27.3 Å². The van der Waals surface area contributed by atoms with Crippen LogP contribution in [0.3, 0.4) is 0 Å². The Kier molecular flexibility index (Phi) is 4.99. The fourth-order valence-corrected chi connectivity index (χ4v) is 5.32. The van der Waals surface area contributed by atoms with Gasteiger partial charge in [-0.3, -0.25) is 4.79 Å². The highest BCUT2D eigenvalue weighted by atomic mass is 32.1. The predicted molar refractivity (Wildman–Crippen MR) is 116 cm³/mol. The van der Waals surface area contributed by atoms with Crippen LogP contribution in [0.15, 0.2) is 30.5 Å². The maximum Gasteiger partial charge on any atom is 0.227 e. The maximum atomic E-state index is 12.9. The molecule has 2 saturated heterocycles. The molecule has 152 valence electrons. The summed E-state index contributed by atoms with van der Waals surface area (Å²) in [6.45, 7) is 5.69. The van der Waals surface area contributed by atoms with E-state index in [0.717, 1.165) is 73.2 Å². The van der Waals surface area contributed by atoms with Gasteiger partial charge >= 0.3 is 0 Å². The summed E-state index contributed by atoms with van der Waals surface area (Å²) in [5.41, 5.74) is 3.31. The van der Waals surface area contributed by atoms with Crippen molar-refractivity contribution in [1.82, 2.24) is 19.5 Å². The lowest BCUT2D eigenvalue weighted by molar-refractivity contribution is -0.136. The Hall–Kier alpha value is -2.41. The van der Waals surface area contributed by atoms with Crippen molar-refractivity contribution in [3.8, 4) is 11.3 Å². The lowest BCUT2D eigenvalue weighted by Crippen LogP contribution is -2.46. The van der Waals surface area contributed by atoms with Gasteiger partial charge in [0.05, 0.1) is 17.8 Å². The van der Waals surface area contributed by atoms with Crippen LogP contribution in [0.2, 0.25) is 0 Å². The van der Waals surface area contributed by atoms with Crippen LogP contribution >= 0.6 is 11.3 Å². The van der Waals surface area contributed by atoms with E-state index in [4.69, 9.17) is 10.1 Å². The number of imidazole rings is 1. The highest BCUT2D eigenvalue weighted by Crippen LogP contribution is 2.30. The van der Waals surface area contributed by atoms with E-state index in [2.05, 4.69) is 41.0 Å². The van der Waals surface area contributed by atoms with Gasteiger partial charge in [0.2, 0.25) is 16.0 Å². The SMILES string of the molecule is Cc1ccc(-c2cn3nc(N4CCC[C@@H](C(=O)N5CCCCC5)C4)sc3n2)cc1. The van der Waals surface area contributed by atoms with Crippen LogP contribution in [-0.4, -0.2) is 51.6 Å². The van der Waals surface area contributed by atoms with Gasteiger partial charge in [-0.05, 0) is 39.0 Å². The molecule has 4 heterocycles. The van der Waals surface area contributed by atoms with Crippen molar-refractivity contribution in [3.63, 3.8) is 0 Å². The average molecular weight is 410 g/mol. The molecule has 6 nitrogen and oxygen atoms in total. The molecule has 0 aliphatic carbocycles. The Labute approximate surface area is 175 Å². The van der Waals surface area contributed by atoms with E-state index >= 15 is 0 Å². The van der Waals surface area contributed by atoms with Gasteiger partial charge in [0.15, 0.2) is 0 Å². The van der Waals surface area contributed by atoms with E-state index in [1.54, 1.807) is 11.3 Å². The van der Waals surface area contributed by atoms with E-state index in [1.807, 2.05) is 10.7 Å². The monoisotopic (exact) mass is 409 g/mol. The number of amides is 1. The summed E-state index contributed by atoms with van der Waals surface area (Å²) in [6, 6.07) is 8.41. The van der Waals surface area contributed by atoms with Gasteiger partial charge in [-0.2, -0.15) is 0 Å². The minimum Gasteiger partial charge on any atom is -0.346 e. The van der Waals surface area contributed by atoms with Crippen molar-refractivity contribution in [2.45, 2.75) is 39.0 Å². The minimum atomic E-state index is 0.0983. The molecule has 1 amide bonds. The van der Waals surface area contributed by atoms with Gasteiger partial charge in [-0.25, -0.2) is 9.50 Å². The first-order chi connectivity index (χ1) is 14.2. The summed E-state index contributed by atoms with van der Waals surface area (Å²) in [5.74, 6) is 0.443. The molecule has 1 aromatic carbocycles. The van der Waals surface area contributed by atoms with E-state index in [-0.39, 0.29) is 5.92 Å². The van der Waals surface area contributed by atoms with Gasteiger partial charge in [0, 0.05) is 31.7 Å². The van der Waals surface area contributed by atoms with E-state index in [0.29, 0.717) is 5.91 Å². The van der Waals surface area contributed by atoms with Gasteiger partial charge in [-0.15, -0.1) is 5.10 Å². The van der Waals surface area contributed by atoms with Crippen LogP contribution in [0, 0.1) is 12.8 Å². The Morgan fingerprint density at radius 1 is 1.07 bits per heavy atom. The van der Waals surface area contributed by atoms with Crippen LogP contribution in [0.4, 0.5) is 5.13 Å². The van der Waals surface area contributed by atoms with E-state index in [1.165, 1.54) is 12.0 Å². The number of benzene rings is 1. The fourth-order valence-electron chi connectivity index (χ4n) is 4.41. The van der Waals surface area contributed by atoms with Crippen LogP contribution in [0.25, 0.3) is 16.2 Å². The summed E-state index contributed by atoms with van der Waals surface area (Å²) in [7, 11) is 0. The number of aromatic nitrogens is 3. The molecule has 0 saturated carbocycles. The Bertz CT molecular complexity index is 971. The molecular formula is C22H27N5OS. The van der Waals surface area contributed by atoms with Gasteiger partial charge in [0.1, 0.15) is 0 Å². The fraction of sp³-hybridized carbons (Fsp3) is 0.500. The lowest BCUT2D eigenvalue weighted by atomic mass is 9.96. The molecule has 0 radical (unpaired) electrons. The molecule has 2 aromatic heterocycles. The normalized spacial score (nSPS) is 20.4. The number of nitrogens with zero attached hydrogens (tertiary/aromatic N) is 5. The topological polar surface area (TPSA) is 53.7 Å². The number of anilines is 1. The summed E-state index contributed by atoms with van der Waals surface area (Å²) in [5, 5.41) is 5.75. The Morgan fingerprint density at radius 2 is 1.86 bits per heavy atom. The first-order valence-corrected chi connectivity index (χ1v) is 11.5. The number of hydrogen-bond donors (Lipinski definition) is 0. The van der Waals surface area contributed by atoms with Crippen molar-refractivity contribution in [2.75, 3.05) is 31.1 Å². The van der Waals surface area contributed by atoms with E-state index in [9.17, 15) is 4.79 Å². The first kappa shape index (κ1) is 18.6. The molecule has 3 aromatic rings. The second-order valence-corrected chi connectivity index (χ2v) is 9.21. The highest BCUT2D eigenvalue weighted by Gasteiger charge is 2.31. The van der Waals surface area contributed by atoms with Gasteiger partial charge < -0.3 is 9.80 Å². The summed E-state index contributed by atoms with van der Waals surface area (Å²) < 4.78 is 1.88. The number of rotatable bonds is 3. The number of fused-ring (bicyclic) bond motifs is 1. The zero-order valence-electron chi connectivity index (χ0n) is 16.9. The lowest BCUT2D eigenvalue weighted by Gasteiger charge is -2.36. The van der Waals surface area contributed by atoms with Crippen LogP contribution in [0.5, 0.6) is 0 Å². The summed E-state index contributed by atoms with van der Waals surface area (Å²) >= 11 is 1.61. The molecule has 29 heavy (non-hydrogen) atoms. The molecule has 0 bridgehead atoms. The van der Waals surface area contributed by atoms with Crippen molar-refractivity contribution < 1.29 is 4.79 Å². The van der Waals surface area contributed by atoms with Gasteiger partial charge in [0.25, 0.3) is 0 Å². The van der Waals surface area contributed by atoms with Crippen molar-refractivity contribution in [3.05, 3.63) is 36.0 Å². The van der Waals surface area contributed by atoms with Crippen molar-refractivity contribution in [1.29, 1.82) is 0 Å². The number of carbonyl (C=O) groups excluding carboxylic acids is 1. The van der Waals surface area contributed by atoms with Crippen molar-refractivity contribution in [2.24, 2.45) is 5.92 Å². The zero-order chi connectivity index (χ0) is 19.8. The first-order valence-electron chi connectivity index (χ1n) is 10.6. The molecule has 7 heteroatoms. The standard InChI is InChI=1S/C22H27N5OS/c1-16-7-9-17(10-8-16)19-15-27-21(23-19)29-22(24-27)26-13-5-6-18(14-26)20(28)25-11-3-2-4-12-25/h7-10,15,18H,2-6,11-14H2,1H3/t18-/m1/s1. The van der Waals surface area contributed by atoms with Crippen LogP contribution in [-0.2, 0) is 4.79 Å². The minimum absolute atomic E-state index is 0.0983. The van der Waals surface area contributed by atoms with Gasteiger partial charge in [-0.1, -0.05) is 41.2 Å².